The molecule has 40 heavy (non-hydrogen) atoms. The van der Waals surface area contributed by atoms with E-state index in [4.69, 9.17) is 4.74 Å². The van der Waals surface area contributed by atoms with Crippen LogP contribution in [0.3, 0.4) is 0 Å². The van der Waals surface area contributed by atoms with Crippen LogP contribution in [0.2, 0.25) is 0 Å². The number of hydrogen-bond acceptors (Lipinski definition) is 8. The Morgan fingerprint density at radius 3 is 2.52 bits per heavy atom. The molecule has 2 heterocycles. The van der Waals surface area contributed by atoms with Crippen molar-refractivity contribution < 1.29 is 27.1 Å². The molecule has 4 rings (SSSR count). The summed E-state index contributed by atoms with van der Waals surface area (Å²) in [6.45, 7) is 2.28. The van der Waals surface area contributed by atoms with E-state index in [0.29, 0.717) is 53.6 Å². The number of Topliss-reactive ketones (excluding diaryl/α,β-unsaturated/α-hetero) is 1. The molecule has 12 heteroatoms. The minimum absolute atomic E-state index is 0.0830. The zero-order chi connectivity index (χ0) is 29.1. The highest BCUT2D eigenvalue weighted by Crippen LogP contribution is 2.49. The summed E-state index contributed by atoms with van der Waals surface area (Å²) in [5.74, 6) is -1.04. The van der Waals surface area contributed by atoms with Gasteiger partial charge in [0, 0.05) is 25.5 Å². The average Bonchev–Trinajstić information content (AvgIpc) is 3.64. The lowest BCUT2D eigenvalue weighted by atomic mass is 9.99. The fourth-order valence-electron chi connectivity index (χ4n) is 4.51. The molecular weight excluding hydrogens is 555 g/mol. The van der Waals surface area contributed by atoms with Crippen LogP contribution in [0.25, 0.3) is 0 Å². The van der Waals surface area contributed by atoms with Gasteiger partial charge in [0.2, 0.25) is 15.9 Å². The largest absolute Gasteiger partial charge is 0.495 e. The monoisotopic (exact) mass is 588 g/mol. The zero-order valence-electron chi connectivity index (χ0n) is 23.0. The summed E-state index contributed by atoms with van der Waals surface area (Å²) >= 11 is 1.27. The molecule has 1 aliphatic rings. The number of thiazole rings is 1. The maximum Gasteiger partial charge on any atom is 0.235 e. The van der Waals surface area contributed by atoms with Crippen molar-refractivity contribution in [3.63, 3.8) is 0 Å². The Morgan fingerprint density at radius 1 is 1.18 bits per heavy atom. The summed E-state index contributed by atoms with van der Waals surface area (Å²) in [6.07, 6.45) is 4.10. The summed E-state index contributed by atoms with van der Waals surface area (Å²) in [7, 11) is 0.570. The van der Waals surface area contributed by atoms with Crippen LogP contribution in [0.15, 0.2) is 42.6 Å². The first-order valence-electron chi connectivity index (χ1n) is 12.9. The molecular formula is C28H33FN4O5S2. The number of halogens is 1. The molecule has 0 aliphatic heterocycles. The van der Waals surface area contributed by atoms with Gasteiger partial charge in [-0.3, -0.25) is 14.6 Å². The lowest BCUT2D eigenvalue weighted by molar-refractivity contribution is -0.134. The predicted octanol–water partition coefficient (Wildman–Crippen LogP) is 3.76. The van der Waals surface area contributed by atoms with Crippen molar-refractivity contribution in [2.24, 2.45) is 0 Å². The smallest absolute Gasteiger partial charge is 0.235 e. The second-order valence-electron chi connectivity index (χ2n) is 10.1. The maximum atomic E-state index is 14.0. The van der Waals surface area contributed by atoms with Crippen LogP contribution < -0.4 is 4.74 Å². The third-order valence-corrected chi connectivity index (χ3v) is 9.69. The van der Waals surface area contributed by atoms with E-state index in [-0.39, 0.29) is 24.0 Å². The predicted molar refractivity (Wildman–Crippen MR) is 150 cm³/mol. The topological polar surface area (TPSA) is 110 Å². The Kier molecular flexibility index (Phi) is 9.01. The van der Waals surface area contributed by atoms with Crippen LogP contribution >= 0.6 is 11.3 Å². The number of hydrogen-bond donors (Lipinski definition) is 0. The molecule has 0 unspecified atom stereocenters. The van der Waals surface area contributed by atoms with E-state index in [0.717, 1.165) is 9.87 Å². The van der Waals surface area contributed by atoms with Crippen molar-refractivity contribution >= 4 is 33.1 Å². The Morgan fingerprint density at radius 2 is 1.93 bits per heavy atom. The fraction of sp³-hybridized carbons (Fsp3) is 0.429. The second kappa shape index (κ2) is 12.1. The van der Waals surface area contributed by atoms with Crippen LogP contribution in [0.4, 0.5) is 4.39 Å². The molecule has 1 amide bonds. The fourth-order valence-corrected chi connectivity index (χ4v) is 6.21. The molecule has 0 N–H and O–H groups in total. The number of nitrogens with zero attached hydrogens (tertiary/aromatic N) is 4. The van der Waals surface area contributed by atoms with Gasteiger partial charge in [-0.05, 0) is 62.4 Å². The van der Waals surface area contributed by atoms with Crippen LogP contribution in [-0.2, 0) is 33.2 Å². The van der Waals surface area contributed by atoms with Crippen molar-refractivity contribution in [1.82, 2.24) is 19.2 Å². The van der Waals surface area contributed by atoms with Gasteiger partial charge in [-0.1, -0.05) is 12.1 Å². The van der Waals surface area contributed by atoms with E-state index in [9.17, 15) is 22.4 Å². The molecule has 1 fully saturated rings. The van der Waals surface area contributed by atoms with Crippen LogP contribution in [0.1, 0.15) is 50.9 Å². The molecule has 214 valence electrons. The summed E-state index contributed by atoms with van der Waals surface area (Å²) in [5, 5.41) is 0.542. The van der Waals surface area contributed by atoms with Gasteiger partial charge in [-0.15, -0.1) is 11.3 Å². The number of carbonyl (C=O) groups is 2. The van der Waals surface area contributed by atoms with Gasteiger partial charge < -0.3 is 9.64 Å². The number of rotatable bonds is 13. The number of ether oxygens (including phenoxy) is 1. The number of carbonyl (C=O) groups excluding carboxylic acids is 2. The van der Waals surface area contributed by atoms with Gasteiger partial charge in [0.15, 0.2) is 5.78 Å². The van der Waals surface area contributed by atoms with Gasteiger partial charge in [0.25, 0.3) is 0 Å². The molecule has 1 saturated carbocycles. The number of aryl methyl sites for hydroxylation is 2. The average molecular weight is 589 g/mol. The van der Waals surface area contributed by atoms with Crippen molar-refractivity contribution in [1.29, 1.82) is 0 Å². The lowest BCUT2D eigenvalue weighted by Gasteiger charge is -2.27. The zero-order valence-corrected chi connectivity index (χ0v) is 24.6. The number of methoxy groups -OCH3 is 1. The number of sulfonamides is 1. The van der Waals surface area contributed by atoms with Crippen molar-refractivity contribution in [2.45, 2.75) is 44.6 Å². The molecule has 0 saturated heterocycles. The molecule has 9 nitrogen and oxygen atoms in total. The number of pyridine rings is 1. The summed E-state index contributed by atoms with van der Waals surface area (Å²) in [6, 6.07) is 9.99. The third-order valence-electron chi connectivity index (χ3n) is 6.99. The van der Waals surface area contributed by atoms with E-state index in [1.807, 2.05) is 12.1 Å². The van der Waals surface area contributed by atoms with Crippen LogP contribution in [0, 0.1) is 12.7 Å². The highest BCUT2D eigenvalue weighted by Gasteiger charge is 2.54. The van der Waals surface area contributed by atoms with E-state index in [1.54, 1.807) is 37.3 Å². The molecule has 1 aromatic carbocycles. The first-order chi connectivity index (χ1) is 18.9. The lowest BCUT2D eigenvalue weighted by Crippen LogP contribution is -2.40. The highest BCUT2D eigenvalue weighted by atomic mass is 32.2. The van der Waals surface area contributed by atoms with Gasteiger partial charge in [0.05, 0.1) is 31.0 Å². The quantitative estimate of drug-likeness (QED) is 0.280. The van der Waals surface area contributed by atoms with Crippen LogP contribution in [0.5, 0.6) is 5.75 Å². The highest BCUT2D eigenvalue weighted by molar-refractivity contribution is 7.89. The summed E-state index contributed by atoms with van der Waals surface area (Å²) < 4.78 is 44.4. The van der Waals surface area contributed by atoms with Crippen molar-refractivity contribution in [3.8, 4) is 5.75 Å². The number of ketones is 1. The Labute approximate surface area is 238 Å². The molecule has 0 atom stereocenters. The second-order valence-corrected chi connectivity index (χ2v) is 13.6. The van der Waals surface area contributed by atoms with Crippen molar-refractivity contribution in [3.05, 3.63) is 75.2 Å². The third kappa shape index (κ3) is 6.73. The van der Waals surface area contributed by atoms with Crippen molar-refractivity contribution in [2.75, 3.05) is 33.5 Å². The van der Waals surface area contributed by atoms with Gasteiger partial charge in [-0.2, -0.15) is 0 Å². The standard InChI is InChI=1S/C28H33FN4O5S2/c1-19-26(23(34)18-40(36,37)32(2)3)31-25(39-19)17-33(14-6-8-20-7-5-9-21(29)15-20)27(35)28(12-13-28)24-11-10-22(38-4)16-30-24/h5,7,9-11,15-16H,6,8,12-14,17-18H2,1-4H3. The molecule has 0 bridgehead atoms. The molecule has 0 radical (unpaired) electrons. The minimum Gasteiger partial charge on any atom is -0.495 e. The number of aromatic nitrogens is 2. The SMILES string of the molecule is COc1ccc(C2(C(=O)N(CCCc3cccc(F)c3)Cc3nc(C(=O)CS(=O)(=O)N(C)C)c(C)s3)CC2)nc1. The normalized spacial score (nSPS) is 14.2. The summed E-state index contributed by atoms with van der Waals surface area (Å²) in [4.78, 5) is 38.1. The first-order valence-corrected chi connectivity index (χ1v) is 15.3. The number of benzene rings is 1. The number of amides is 1. The van der Waals surface area contributed by atoms with E-state index < -0.39 is 27.0 Å². The van der Waals surface area contributed by atoms with Gasteiger partial charge in [0.1, 0.15) is 28.0 Å². The summed E-state index contributed by atoms with van der Waals surface area (Å²) in [5.41, 5.74) is 0.880. The van der Waals surface area contributed by atoms with E-state index in [2.05, 4.69) is 9.97 Å². The van der Waals surface area contributed by atoms with E-state index >= 15 is 0 Å². The molecule has 2 aromatic heterocycles. The Hall–Kier alpha value is -3.22. The van der Waals surface area contributed by atoms with Gasteiger partial charge >= 0.3 is 0 Å². The maximum absolute atomic E-state index is 14.0. The van der Waals surface area contributed by atoms with Gasteiger partial charge in [-0.25, -0.2) is 22.1 Å². The molecule has 3 aromatic rings. The molecule has 0 spiro atoms. The Bertz CT molecular complexity index is 1480. The minimum atomic E-state index is -3.74. The van der Waals surface area contributed by atoms with Crippen LogP contribution in [-0.4, -0.2) is 72.8 Å². The molecule has 1 aliphatic carbocycles. The Balaban J connectivity index is 1.56. The van der Waals surface area contributed by atoms with E-state index in [1.165, 1.54) is 37.6 Å². The first kappa shape index (κ1) is 29.8.